The molecule has 3 amide bonds. The summed E-state index contributed by atoms with van der Waals surface area (Å²) in [6, 6.07) is 8.70. The molecule has 0 spiro atoms. The molecule has 0 aliphatic carbocycles. The number of hydrogen-bond acceptors (Lipinski definition) is 5. The van der Waals surface area contributed by atoms with E-state index in [4.69, 9.17) is 0 Å². The van der Waals surface area contributed by atoms with E-state index in [1.54, 1.807) is 4.90 Å². The molecule has 2 saturated heterocycles. The van der Waals surface area contributed by atoms with Gasteiger partial charge in [0, 0.05) is 18.6 Å². The fourth-order valence-electron chi connectivity index (χ4n) is 4.47. The summed E-state index contributed by atoms with van der Waals surface area (Å²) in [5.74, 6) is -0.783. The predicted octanol–water partition coefficient (Wildman–Crippen LogP) is 1.17. The van der Waals surface area contributed by atoms with Gasteiger partial charge in [-0.15, -0.1) is 0 Å². The maximum atomic E-state index is 13.3. The first-order valence-corrected chi connectivity index (χ1v) is 13.9. The maximum absolute atomic E-state index is 13.3. The number of fused-ring (bicyclic) bond motifs is 1. The molecule has 2 aromatic rings. The molecular weight excluding hydrogens is 412 g/mol. The lowest BCUT2D eigenvalue weighted by Gasteiger charge is -2.25. The lowest BCUT2D eigenvalue weighted by Crippen LogP contribution is -2.49. The second kappa shape index (κ2) is 8.15. The third kappa shape index (κ3) is 4.32. The van der Waals surface area contributed by atoms with Crippen LogP contribution in [-0.2, 0) is 9.59 Å². The Morgan fingerprint density at radius 3 is 2.84 bits per heavy atom. The monoisotopic (exact) mass is 438 g/mol. The van der Waals surface area contributed by atoms with Crippen LogP contribution in [0.25, 0.3) is 11.0 Å². The lowest BCUT2D eigenvalue weighted by atomic mass is 9.99. The Morgan fingerprint density at radius 1 is 1.39 bits per heavy atom. The van der Waals surface area contributed by atoms with Crippen LogP contribution in [0.5, 0.6) is 0 Å². The molecule has 3 atom stereocenters. The van der Waals surface area contributed by atoms with Crippen LogP contribution in [0.4, 0.5) is 0 Å². The van der Waals surface area contributed by atoms with E-state index in [9.17, 15) is 19.6 Å². The van der Waals surface area contributed by atoms with Crippen molar-refractivity contribution in [3.05, 3.63) is 30.1 Å². The molecule has 3 N–H and O–H groups in total. The Kier molecular flexibility index (Phi) is 5.53. The van der Waals surface area contributed by atoms with Gasteiger partial charge in [-0.2, -0.15) is 5.26 Å². The van der Waals surface area contributed by atoms with Crippen LogP contribution in [0.15, 0.2) is 24.3 Å². The quantitative estimate of drug-likeness (QED) is 0.603. The summed E-state index contributed by atoms with van der Waals surface area (Å²) in [4.78, 5) is 47.2. The van der Waals surface area contributed by atoms with Crippen molar-refractivity contribution in [2.24, 2.45) is 5.92 Å². The third-order valence-corrected chi connectivity index (χ3v) is 8.72. The molecule has 9 nitrogen and oxygen atoms in total. The van der Waals surface area contributed by atoms with Crippen LogP contribution in [-0.4, -0.2) is 65.5 Å². The Bertz CT molecular complexity index is 1040. The molecule has 0 radical (unpaired) electrons. The Balaban J connectivity index is 1.50. The van der Waals surface area contributed by atoms with Crippen molar-refractivity contribution < 1.29 is 14.4 Å². The number of aromatic nitrogens is 2. The number of aromatic amines is 1. The van der Waals surface area contributed by atoms with Gasteiger partial charge in [0.15, 0.2) is 5.82 Å². The minimum Gasteiger partial charge on any atom is -0.356 e. The molecule has 0 saturated carbocycles. The molecule has 0 unspecified atom stereocenters. The third-order valence-electron chi connectivity index (χ3n) is 6.03. The standard InChI is InChI=1S/C21H26N6O3Si/c1-31(2)11-17(20(29)24-14(10-22)9-13-7-8-23-19(13)28)27(12-31)21(30)18-25-15-5-3-4-6-16(15)26-18/h3-6,13-14,17H,7-9,11-12H2,1-2H3,(H,23,28)(H,24,29)(H,25,26)/t13-,14-,17-/m0/s1. The fourth-order valence-corrected chi connectivity index (χ4v) is 7.34. The van der Waals surface area contributed by atoms with Crippen LogP contribution in [0.1, 0.15) is 23.5 Å². The zero-order valence-electron chi connectivity index (χ0n) is 17.6. The van der Waals surface area contributed by atoms with E-state index in [2.05, 4.69) is 39.8 Å². The zero-order valence-corrected chi connectivity index (χ0v) is 18.6. The number of carbonyl (C=O) groups excluding carboxylic acids is 3. The van der Waals surface area contributed by atoms with Crippen LogP contribution in [0, 0.1) is 17.2 Å². The zero-order chi connectivity index (χ0) is 22.2. The van der Waals surface area contributed by atoms with Crippen LogP contribution >= 0.6 is 0 Å². The molecule has 162 valence electrons. The second-order valence-electron chi connectivity index (χ2n) is 9.12. The van der Waals surface area contributed by atoms with Crippen molar-refractivity contribution >= 4 is 36.8 Å². The molecule has 2 aliphatic heterocycles. The van der Waals surface area contributed by atoms with E-state index < -0.39 is 20.2 Å². The van der Waals surface area contributed by atoms with Gasteiger partial charge in [0.1, 0.15) is 12.1 Å². The number of carbonyl (C=O) groups is 3. The first kappa shape index (κ1) is 21.1. The van der Waals surface area contributed by atoms with Gasteiger partial charge < -0.3 is 20.5 Å². The van der Waals surface area contributed by atoms with Crippen LogP contribution < -0.4 is 10.6 Å². The summed E-state index contributed by atoms with van der Waals surface area (Å²) in [6.45, 7) is 4.88. The summed E-state index contributed by atoms with van der Waals surface area (Å²) in [5.41, 5.74) is 1.46. The highest BCUT2D eigenvalue weighted by molar-refractivity contribution is 6.79. The summed E-state index contributed by atoms with van der Waals surface area (Å²) in [7, 11) is -1.82. The van der Waals surface area contributed by atoms with E-state index >= 15 is 0 Å². The summed E-state index contributed by atoms with van der Waals surface area (Å²) in [5, 5.41) is 15.0. The van der Waals surface area contributed by atoms with Gasteiger partial charge >= 0.3 is 0 Å². The van der Waals surface area contributed by atoms with E-state index in [1.807, 2.05) is 24.3 Å². The van der Waals surface area contributed by atoms with Gasteiger partial charge in [0.05, 0.1) is 25.2 Å². The molecule has 0 bridgehead atoms. The summed E-state index contributed by atoms with van der Waals surface area (Å²) >= 11 is 0. The molecule has 2 fully saturated rings. The van der Waals surface area contributed by atoms with Gasteiger partial charge in [-0.25, -0.2) is 4.98 Å². The molecule has 2 aliphatic rings. The number of nitrogens with one attached hydrogen (secondary N) is 3. The minimum absolute atomic E-state index is 0.0782. The Hall–Kier alpha value is -3.19. The van der Waals surface area contributed by atoms with Gasteiger partial charge in [0.25, 0.3) is 5.91 Å². The van der Waals surface area contributed by atoms with E-state index in [-0.39, 0.29) is 35.9 Å². The first-order chi connectivity index (χ1) is 14.8. The largest absolute Gasteiger partial charge is 0.356 e. The van der Waals surface area contributed by atoms with Crippen molar-refractivity contribution in [3.63, 3.8) is 0 Å². The molecule has 31 heavy (non-hydrogen) atoms. The van der Waals surface area contributed by atoms with Crippen molar-refractivity contribution in [1.82, 2.24) is 25.5 Å². The highest BCUT2D eigenvalue weighted by atomic mass is 28.3. The number of amides is 3. The first-order valence-electron chi connectivity index (χ1n) is 10.5. The number of hydrogen-bond donors (Lipinski definition) is 3. The highest BCUT2D eigenvalue weighted by Gasteiger charge is 2.46. The number of para-hydroxylation sites is 2. The lowest BCUT2D eigenvalue weighted by molar-refractivity contribution is -0.126. The van der Waals surface area contributed by atoms with Gasteiger partial charge in [-0.3, -0.25) is 14.4 Å². The number of nitrogens with zero attached hydrogens (tertiary/aromatic N) is 3. The summed E-state index contributed by atoms with van der Waals surface area (Å²) < 4.78 is 0. The normalized spacial score (nSPS) is 23.4. The van der Waals surface area contributed by atoms with Gasteiger partial charge in [-0.1, -0.05) is 25.2 Å². The number of rotatable bonds is 5. The Labute approximate surface area is 181 Å². The minimum atomic E-state index is -1.82. The summed E-state index contributed by atoms with van der Waals surface area (Å²) in [6.07, 6.45) is 1.48. The highest BCUT2D eigenvalue weighted by Crippen LogP contribution is 2.29. The van der Waals surface area contributed by atoms with Crippen LogP contribution in [0.2, 0.25) is 19.1 Å². The average Bonchev–Trinajstić information content (AvgIpc) is 3.43. The molecular formula is C21H26N6O3Si. The topological polar surface area (TPSA) is 131 Å². The van der Waals surface area contributed by atoms with Crippen LogP contribution in [0.3, 0.4) is 0 Å². The average molecular weight is 439 g/mol. The smallest absolute Gasteiger partial charge is 0.290 e. The van der Waals surface area contributed by atoms with Crippen molar-refractivity contribution in [2.75, 3.05) is 12.7 Å². The number of imidazole rings is 1. The van der Waals surface area contributed by atoms with Gasteiger partial charge in [0.2, 0.25) is 11.8 Å². The molecule has 10 heteroatoms. The number of nitriles is 1. The predicted molar refractivity (Wildman–Crippen MR) is 116 cm³/mol. The number of benzene rings is 1. The second-order valence-corrected chi connectivity index (χ2v) is 14.2. The molecule has 4 rings (SSSR count). The van der Waals surface area contributed by atoms with Gasteiger partial charge in [-0.05, 0) is 31.0 Å². The van der Waals surface area contributed by atoms with Crippen molar-refractivity contribution in [1.29, 1.82) is 5.26 Å². The van der Waals surface area contributed by atoms with E-state index in [1.165, 1.54) is 0 Å². The fraction of sp³-hybridized carbons (Fsp3) is 0.476. The molecule has 3 heterocycles. The SMILES string of the molecule is C[Si]1(C)C[C@@H](C(=O)N[C@H](C#N)C[C@@H]2CCNC2=O)N(C(=O)c2nc3ccccc3[nH]2)C1. The number of H-pyrrole nitrogens is 1. The van der Waals surface area contributed by atoms with E-state index in [0.717, 1.165) is 5.52 Å². The molecule has 1 aromatic heterocycles. The van der Waals surface area contributed by atoms with Crippen molar-refractivity contribution in [2.45, 2.75) is 44.1 Å². The molecule has 1 aromatic carbocycles. The maximum Gasteiger partial charge on any atom is 0.290 e. The Morgan fingerprint density at radius 2 is 2.16 bits per heavy atom. The van der Waals surface area contributed by atoms with E-state index in [0.29, 0.717) is 30.7 Å². The van der Waals surface area contributed by atoms with Crippen molar-refractivity contribution in [3.8, 4) is 6.07 Å².